The number of hydrogen-bond acceptors (Lipinski definition) is 7. The summed E-state index contributed by atoms with van der Waals surface area (Å²) in [5.74, 6) is -0.0131. The number of benzene rings is 2. The minimum absolute atomic E-state index is 0.00571. The Kier molecular flexibility index (Phi) is 5.01. The van der Waals surface area contributed by atoms with Crippen molar-refractivity contribution in [3.63, 3.8) is 0 Å². The van der Waals surface area contributed by atoms with Crippen molar-refractivity contribution in [2.24, 2.45) is 5.92 Å². The molecule has 1 spiro atoms. The van der Waals surface area contributed by atoms with Gasteiger partial charge in [-0.2, -0.15) is 0 Å². The maximum atomic E-state index is 14.3. The third kappa shape index (κ3) is 3.08. The molecule has 6 rings (SSSR count). The molecule has 0 unspecified atom stereocenters. The van der Waals surface area contributed by atoms with Crippen molar-refractivity contribution in [3.05, 3.63) is 99.4 Å². The zero-order valence-corrected chi connectivity index (χ0v) is 19.7. The number of aromatic nitrogens is 1. The third-order valence-electron chi connectivity index (χ3n) is 7.49. The van der Waals surface area contributed by atoms with E-state index in [1.54, 1.807) is 48.4 Å². The van der Waals surface area contributed by atoms with Crippen molar-refractivity contribution in [3.8, 4) is 0 Å². The van der Waals surface area contributed by atoms with Crippen LogP contribution in [0.1, 0.15) is 33.0 Å². The smallest absolute Gasteiger partial charge is 0.269 e. The van der Waals surface area contributed by atoms with Gasteiger partial charge in [0.25, 0.3) is 5.69 Å². The lowest BCUT2D eigenvalue weighted by molar-refractivity contribution is -0.384. The lowest BCUT2D eigenvalue weighted by Crippen LogP contribution is -2.52. The highest BCUT2D eigenvalue weighted by atomic mass is 32.2. The first-order valence-electron chi connectivity index (χ1n) is 11.4. The molecule has 3 aromatic rings. The maximum Gasteiger partial charge on any atom is 0.269 e. The Bertz CT molecular complexity index is 1360. The molecule has 3 aliphatic heterocycles. The Balaban J connectivity index is 1.60. The van der Waals surface area contributed by atoms with E-state index in [1.165, 1.54) is 12.1 Å². The molecular weight excluding hydrogens is 464 g/mol. The van der Waals surface area contributed by atoms with E-state index in [9.17, 15) is 19.7 Å². The molecule has 1 N–H and O–H groups in total. The van der Waals surface area contributed by atoms with Gasteiger partial charge in [-0.15, -0.1) is 11.8 Å². The molecule has 0 radical (unpaired) electrons. The second kappa shape index (κ2) is 8.00. The molecule has 35 heavy (non-hydrogen) atoms. The summed E-state index contributed by atoms with van der Waals surface area (Å²) in [5, 5.41) is 14.3. The number of nitro groups is 1. The molecule has 0 aliphatic carbocycles. The number of amides is 1. The minimum atomic E-state index is -1.17. The molecular formula is C26H22N4O4S. The number of anilines is 1. The largest absolute Gasteiger partial charge is 0.324 e. The zero-order valence-electron chi connectivity index (χ0n) is 18.9. The fourth-order valence-corrected chi connectivity index (χ4v) is 7.40. The summed E-state index contributed by atoms with van der Waals surface area (Å²) in [6.45, 7) is 1.98. The second-order valence-corrected chi connectivity index (χ2v) is 10.3. The molecule has 2 aromatic carbocycles. The fourth-order valence-electron chi connectivity index (χ4n) is 6.07. The minimum Gasteiger partial charge on any atom is -0.324 e. The van der Waals surface area contributed by atoms with E-state index >= 15 is 0 Å². The molecule has 2 fully saturated rings. The van der Waals surface area contributed by atoms with Crippen LogP contribution in [0.15, 0.2) is 67.0 Å². The normalized spacial score (nSPS) is 27.0. The number of rotatable bonds is 4. The van der Waals surface area contributed by atoms with E-state index < -0.39 is 16.4 Å². The summed E-state index contributed by atoms with van der Waals surface area (Å²) in [7, 11) is 0. The van der Waals surface area contributed by atoms with Crippen LogP contribution < -0.4 is 5.32 Å². The van der Waals surface area contributed by atoms with Gasteiger partial charge in [0, 0.05) is 64.9 Å². The van der Waals surface area contributed by atoms with Gasteiger partial charge < -0.3 is 5.32 Å². The van der Waals surface area contributed by atoms with Crippen molar-refractivity contribution in [2.45, 2.75) is 24.4 Å². The summed E-state index contributed by atoms with van der Waals surface area (Å²) in [4.78, 5) is 45.4. The number of nitrogens with zero attached hydrogens (tertiary/aromatic N) is 3. The van der Waals surface area contributed by atoms with Gasteiger partial charge in [0.15, 0.2) is 5.78 Å². The van der Waals surface area contributed by atoms with E-state index in [0.717, 1.165) is 28.1 Å². The first-order chi connectivity index (χ1) is 16.9. The Morgan fingerprint density at radius 2 is 2.03 bits per heavy atom. The van der Waals surface area contributed by atoms with E-state index in [4.69, 9.17) is 0 Å². The number of pyridine rings is 1. The first kappa shape index (κ1) is 21.9. The number of Topliss-reactive ketones (excluding diaryl/α,β-unsaturated/α-hetero) is 1. The van der Waals surface area contributed by atoms with Crippen LogP contribution in [0, 0.1) is 23.0 Å². The Morgan fingerprint density at radius 3 is 2.74 bits per heavy atom. The predicted octanol–water partition coefficient (Wildman–Crippen LogP) is 4.12. The van der Waals surface area contributed by atoms with Gasteiger partial charge >= 0.3 is 0 Å². The number of non-ortho nitro benzene ring substituents is 1. The van der Waals surface area contributed by atoms with Crippen molar-refractivity contribution >= 4 is 34.8 Å². The molecule has 0 saturated carbocycles. The number of nitrogens with one attached hydrogen (secondary N) is 1. The Labute approximate surface area is 205 Å². The molecule has 1 amide bonds. The zero-order chi connectivity index (χ0) is 24.3. The van der Waals surface area contributed by atoms with Crippen molar-refractivity contribution in [1.29, 1.82) is 0 Å². The molecule has 1 aromatic heterocycles. The average molecular weight is 487 g/mol. The first-order valence-corrected chi connectivity index (χ1v) is 12.5. The topological polar surface area (TPSA) is 105 Å². The van der Waals surface area contributed by atoms with Gasteiger partial charge in [-0.3, -0.25) is 29.6 Å². The number of hydrogen-bond donors (Lipinski definition) is 1. The summed E-state index contributed by atoms with van der Waals surface area (Å²) in [6, 6.07) is 15.7. The van der Waals surface area contributed by atoms with Crippen molar-refractivity contribution in [2.75, 3.05) is 16.9 Å². The van der Waals surface area contributed by atoms with Gasteiger partial charge in [-0.05, 0) is 30.7 Å². The highest BCUT2D eigenvalue weighted by Crippen LogP contribution is 2.61. The van der Waals surface area contributed by atoms with E-state index in [0.29, 0.717) is 11.4 Å². The lowest BCUT2D eigenvalue weighted by Gasteiger charge is -2.36. The van der Waals surface area contributed by atoms with Crippen LogP contribution in [0.3, 0.4) is 0 Å². The van der Waals surface area contributed by atoms with Crippen molar-refractivity contribution < 1.29 is 14.5 Å². The highest BCUT2D eigenvalue weighted by molar-refractivity contribution is 7.99. The van der Waals surface area contributed by atoms with E-state index in [2.05, 4.69) is 15.2 Å². The molecule has 2 saturated heterocycles. The number of thioether (sulfide) groups is 1. The summed E-state index contributed by atoms with van der Waals surface area (Å²) in [6.07, 6.45) is 3.16. The average Bonchev–Trinajstić information content (AvgIpc) is 3.53. The van der Waals surface area contributed by atoms with Crippen LogP contribution >= 0.6 is 11.8 Å². The van der Waals surface area contributed by atoms with Gasteiger partial charge in [-0.25, -0.2) is 0 Å². The van der Waals surface area contributed by atoms with Crippen LogP contribution in [0.4, 0.5) is 11.4 Å². The number of ketones is 1. The summed E-state index contributed by atoms with van der Waals surface area (Å²) in [5.41, 5.74) is 2.65. The molecule has 3 aliphatic rings. The van der Waals surface area contributed by atoms with Crippen LogP contribution in [0.25, 0.3) is 0 Å². The van der Waals surface area contributed by atoms with Crippen LogP contribution in [-0.2, 0) is 10.3 Å². The monoisotopic (exact) mass is 486 g/mol. The molecule has 4 atom stereocenters. The quantitative estimate of drug-likeness (QED) is 0.336. The summed E-state index contributed by atoms with van der Waals surface area (Å²) < 4.78 is 0. The van der Waals surface area contributed by atoms with Crippen molar-refractivity contribution in [1.82, 2.24) is 9.88 Å². The van der Waals surface area contributed by atoms with Crippen LogP contribution in [-0.4, -0.2) is 44.2 Å². The fraction of sp³-hybridized carbons (Fsp3) is 0.269. The molecule has 176 valence electrons. The second-order valence-electron chi connectivity index (χ2n) is 9.26. The number of carbonyl (C=O) groups excluding carboxylic acids is 2. The van der Waals surface area contributed by atoms with Crippen LogP contribution in [0.2, 0.25) is 0 Å². The van der Waals surface area contributed by atoms with Gasteiger partial charge in [0.2, 0.25) is 5.91 Å². The Morgan fingerprint density at radius 1 is 1.23 bits per heavy atom. The number of fused-ring (bicyclic) bond motifs is 4. The van der Waals surface area contributed by atoms with Crippen LogP contribution in [0.5, 0.6) is 0 Å². The van der Waals surface area contributed by atoms with Gasteiger partial charge in [0.05, 0.1) is 10.8 Å². The Hall–Kier alpha value is -3.56. The van der Waals surface area contributed by atoms with Gasteiger partial charge in [-0.1, -0.05) is 29.8 Å². The third-order valence-corrected chi connectivity index (χ3v) is 8.53. The van der Waals surface area contributed by atoms with E-state index in [1.807, 2.05) is 25.1 Å². The summed E-state index contributed by atoms with van der Waals surface area (Å²) >= 11 is 1.74. The molecule has 0 bridgehead atoms. The standard InChI is InChI=1S/C26H22N4O4S/c1-15-4-9-20-19(11-15)26(25(32)28-20)23(24(31)17-3-2-10-27-12-17)22(21-13-35-14-29(21)26)16-5-7-18(8-6-16)30(33)34/h2-12,21-23H,13-14H2,1H3,(H,28,32)/t21-,22-,23+,26+/m0/s1. The van der Waals surface area contributed by atoms with Gasteiger partial charge in [0.1, 0.15) is 5.54 Å². The maximum absolute atomic E-state index is 14.3. The predicted molar refractivity (Wildman–Crippen MR) is 132 cm³/mol. The molecule has 8 nitrogen and oxygen atoms in total. The number of nitro benzene ring substituents is 1. The molecule has 4 heterocycles. The lowest BCUT2D eigenvalue weighted by atomic mass is 9.69. The highest BCUT2D eigenvalue weighted by Gasteiger charge is 2.69. The number of aryl methyl sites for hydroxylation is 1. The number of carbonyl (C=O) groups is 2. The molecule has 9 heteroatoms. The SMILES string of the molecule is Cc1ccc2c(c1)[C@]1(C(=O)N2)[C@@H](C(=O)c2cccnc2)[C@@H](c2ccc([N+](=O)[O-])cc2)[C@@H]2CSCN21. The van der Waals surface area contributed by atoms with E-state index in [-0.39, 0.29) is 29.3 Å².